The number of non-ortho nitro benzene ring substituents is 1. The topological polar surface area (TPSA) is 127 Å². The molecule has 1 aliphatic rings. The number of hydrogen-bond acceptors (Lipinski definition) is 6. The molecule has 3 rings (SSSR count). The van der Waals surface area contributed by atoms with Gasteiger partial charge >= 0.3 is 6.03 Å². The van der Waals surface area contributed by atoms with Gasteiger partial charge in [0.05, 0.1) is 22.2 Å². The molecular weight excluding hydrogens is 306 g/mol. The number of nitro benzene ring substituents is 1. The molecule has 1 aliphatic heterocycles. The Hall–Kier alpha value is -3.30. The Kier molecular flexibility index (Phi) is 3.48. The minimum atomic E-state index is -0.615. The minimum Gasteiger partial charge on any atom is -0.336 e. The van der Waals surface area contributed by atoms with Crippen LogP contribution in [0.2, 0.25) is 0 Å². The molecule has 0 radical (unpaired) electrons. The normalized spacial score (nSPS) is 14.1. The van der Waals surface area contributed by atoms with Crippen LogP contribution in [-0.2, 0) is 11.3 Å². The van der Waals surface area contributed by atoms with Crippen molar-refractivity contribution in [3.05, 3.63) is 45.0 Å². The van der Waals surface area contributed by atoms with Crippen molar-refractivity contribution in [2.24, 2.45) is 0 Å². The first-order valence-electron chi connectivity index (χ1n) is 6.69. The van der Waals surface area contributed by atoms with Crippen LogP contribution < -0.4 is 10.9 Å². The fourth-order valence-corrected chi connectivity index (χ4v) is 2.31. The van der Waals surface area contributed by atoms with Crippen molar-refractivity contribution in [1.29, 1.82) is 0 Å². The lowest BCUT2D eigenvalue weighted by Gasteiger charge is -2.13. The van der Waals surface area contributed by atoms with Crippen molar-refractivity contribution < 1.29 is 14.5 Å². The molecule has 1 saturated heterocycles. The highest BCUT2D eigenvalue weighted by Gasteiger charge is 2.26. The first-order chi connectivity index (χ1) is 11.0. The fraction of sp³-hybridized carbons (Fsp3) is 0.231. The predicted octanol–water partition coefficient (Wildman–Crippen LogP) is -0.143. The molecule has 0 unspecified atom stereocenters. The molecule has 0 atom stereocenters. The van der Waals surface area contributed by atoms with Crippen LogP contribution in [0.15, 0.2) is 29.3 Å². The molecule has 1 fully saturated rings. The highest BCUT2D eigenvalue weighted by molar-refractivity contribution is 5.95. The van der Waals surface area contributed by atoms with Gasteiger partial charge in [-0.25, -0.2) is 9.78 Å². The number of nitrogens with one attached hydrogen (secondary N) is 1. The van der Waals surface area contributed by atoms with Crippen molar-refractivity contribution in [2.45, 2.75) is 6.54 Å². The molecular formula is C13H11N5O5. The van der Waals surface area contributed by atoms with E-state index in [4.69, 9.17) is 0 Å². The van der Waals surface area contributed by atoms with Crippen molar-refractivity contribution in [1.82, 2.24) is 19.8 Å². The molecule has 1 aromatic heterocycles. The van der Waals surface area contributed by atoms with E-state index in [-0.39, 0.29) is 24.2 Å². The van der Waals surface area contributed by atoms with Gasteiger partial charge in [-0.1, -0.05) is 0 Å². The zero-order valence-corrected chi connectivity index (χ0v) is 11.8. The summed E-state index contributed by atoms with van der Waals surface area (Å²) in [7, 11) is 0. The van der Waals surface area contributed by atoms with Gasteiger partial charge in [0, 0.05) is 25.2 Å². The first kappa shape index (κ1) is 14.6. The van der Waals surface area contributed by atoms with Gasteiger partial charge in [0.25, 0.3) is 17.2 Å². The van der Waals surface area contributed by atoms with E-state index in [1.54, 1.807) is 0 Å². The molecule has 0 saturated carbocycles. The highest BCUT2D eigenvalue weighted by atomic mass is 16.6. The molecule has 2 heterocycles. The molecule has 0 aliphatic carbocycles. The van der Waals surface area contributed by atoms with E-state index in [2.05, 4.69) is 10.3 Å². The zero-order valence-electron chi connectivity index (χ0n) is 11.8. The molecule has 2 aromatic rings. The van der Waals surface area contributed by atoms with Gasteiger partial charge in [-0.05, 0) is 6.07 Å². The number of carbonyl (C=O) groups excluding carboxylic acids is 2. The summed E-state index contributed by atoms with van der Waals surface area (Å²) >= 11 is 0. The van der Waals surface area contributed by atoms with Crippen LogP contribution in [0.25, 0.3) is 10.9 Å². The number of nitrogens with zero attached hydrogens (tertiary/aromatic N) is 4. The second kappa shape index (κ2) is 5.48. The van der Waals surface area contributed by atoms with Crippen molar-refractivity contribution in [3.63, 3.8) is 0 Å². The molecule has 10 heteroatoms. The maximum absolute atomic E-state index is 12.4. The zero-order chi connectivity index (χ0) is 16.6. The van der Waals surface area contributed by atoms with Gasteiger partial charge in [-0.3, -0.25) is 29.2 Å². The number of rotatable bonds is 3. The van der Waals surface area contributed by atoms with Gasteiger partial charge in [0.15, 0.2) is 0 Å². The molecule has 3 amide bonds. The third kappa shape index (κ3) is 2.61. The lowest BCUT2D eigenvalue weighted by atomic mass is 10.2. The monoisotopic (exact) mass is 317 g/mol. The predicted molar refractivity (Wildman–Crippen MR) is 77.8 cm³/mol. The highest BCUT2D eigenvalue weighted by Crippen LogP contribution is 2.16. The van der Waals surface area contributed by atoms with Crippen LogP contribution in [-0.4, -0.2) is 44.4 Å². The number of nitro groups is 1. The van der Waals surface area contributed by atoms with Crippen LogP contribution >= 0.6 is 0 Å². The molecule has 10 nitrogen and oxygen atoms in total. The lowest BCUT2D eigenvalue weighted by molar-refractivity contribution is -0.384. The summed E-state index contributed by atoms with van der Waals surface area (Å²) in [5.74, 6) is -0.548. The van der Waals surface area contributed by atoms with E-state index in [0.29, 0.717) is 12.1 Å². The number of urea groups is 1. The number of hydrogen-bond donors (Lipinski definition) is 1. The summed E-state index contributed by atoms with van der Waals surface area (Å²) in [6.07, 6.45) is 1.18. The van der Waals surface area contributed by atoms with Crippen LogP contribution in [0.3, 0.4) is 0 Å². The summed E-state index contributed by atoms with van der Waals surface area (Å²) in [5.41, 5.74) is -0.519. The Bertz CT molecular complexity index is 890. The second-order valence-corrected chi connectivity index (χ2v) is 4.91. The average molecular weight is 317 g/mol. The van der Waals surface area contributed by atoms with E-state index >= 15 is 0 Å². The van der Waals surface area contributed by atoms with Crippen LogP contribution in [0.5, 0.6) is 0 Å². The van der Waals surface area contributed by atoms with E-state index in [9.17, 15) is 24.5 Å². The molecule has 118 valence electrons. The van der Waals surface area contributed by atoms with Gasteiger partial charge < -0.3 is 5.32 Å². The molecule has 1 N–H and O–H groups in total. The quantitative estimate of drug-likeness (QED) is 0.619. The standard InChI is InChI=1S/C13H11N5O5/c19-11(17-4-3-14-13(17)21)6-16-7-15-10-2-1-8(18(22)23)5-9(10)12(16)20/h1-2,5,7H,3-4,6H2,(H,14,21). The van der Waals surface area contributed by atoms with Gasteiger partial charge in [-0.2, -0.15) is 0 Å². The van der Waals surface area contributed by atoms with Crippen LogP contribution in [0, 0.1) is 10.1 Å². The number of benzene rings is 1. The summed E-state index contributed by atoms with van der Waals surface area (Å²) in [5, 5.41) is 13.3. The number of aromatic nitrogens is 2. The van der Waals surface area contributed by atoms with Gasteiger partial charge in [-0.15, -0.1) is 0 Å². The van der Waals surface area contributed by atoms with Crippen LogP contribution in [0.4, 0.5) is 10.5 Å². The first-order valence-corrected chi connectivity index (χ1v) is 6.69. The number of amides is 3. The summed E-state index contributed by atoms with van der Waals surface area (Å²) < 4.78 is 1.03. The van der Waals surface area contributed by atoms with E-state index in [0.717, 1.165) is 15.5 Å². The molecule has 0 spiro atoms. The van der Waals surface area contributed by atoms with Gasteiger partial charge in [0.2, 0.25) is 0 Å². The smallest absolute Gasteiger partial charge is 0.324 e. The summed E-state index contributed by atoms with van der Waals surface area (Å²) in [4.78, 5) is 51.1. The largest absolute Gasteiger partial charge is 0.336 e. The minimum absolute atomic E-state index is 0.0420. The van der Waals surface area contributed by atoms with E-state index < -0.39 is 22.4 Å². The Morgan fingerprint density at radius 3 is 2.83 bits per heavy atom. The van der Waals surface area contributed by atoms with Crippen molar-refractivity contribution in [3.8, 4) is 0 Å². The Morgan fingerprint density at radius 1 is 1.39 bits per heavy atom. The van der Waals surface area contributed by atoms with Crippen LogP contribution in [0.1, 0.15) is 0 Å². The number of imide groups is 1. The Labute approximate surface area is 128 Å². The van der Waals surface area contributed by atoms with Crippen molar-refractivity contribution >= 4 is 28.5 Å². The molecule has 0 bridgehead atoms. The lowest BCUT2D eigenvalue weighted by Crippen LogP contribution is -2.38. The Balaban J connectivity index is 1.96. The number of carbonyl (C=O) groups is 2. The third-order valence-corrected chi connectivity index (χ3v) is 3.48. The summed E-state index contributed by atoms with van der Waals surface area (Å²) in [6, 6.07) is 3.23. The number of fused-ring (bicyclic) bond motifs is 1. The fourth-order valence-electron chi connectivity index (χ4n) is 2.31. The van der Waals surface area contributed by atoms with Gasteiger partial charge in [0.1, 0.15) is 6.54 Å². The third-order valence-electron chi connectivity index (χ3n) is 3.48. The SMILES string of the molecule is O=C(Cn1cnc2ccc([N+](=O)[O-])cc2c1=O)N1CCNC1=O. The maximum Gasteiger partial charge on any atom is 0.324 e. The second-order valence-electron chi connectivity index (χ2n) is 4.91. The van der Waals surface area contributed by atoms with E-state index in [1.165, 1.54) is 18.5 Å². The van der Waals surface area contributed by atoms with Crippen molar-refractivity contribution in [2.75, 3.05) is 13.1 Å². The summed E-state index contributed by atoms with van der Waals surface area (Å²) in [6.45, 7) is 0.235. The van der Waals surface area contributed by atoms with E-state index in [1.807, 2.05) is 0 Å². The average Bonchev–Trinajstić information content (AvgIpc) is 2.96. The molecule has 1 aromatic carbocycles. The molecule has 23 heavy (non-hydrogen) atoms. The Morgan fingerprint density at radius 2 is 2.17 bits per heavy atom. The maximum atomic E-state index is 12.4.